The van der Waals surface area contributed by atoms with Gasteiger partial charge in [0.1, 0.15) is 18.3 Å². The fourth-order valence-electron chi connectivity index (χ4n) is 7.26. The minimum absolute atomic E-state index is 0.0445. The Hall–Kier alpha value is -4.46. The lowest BCUT2D eigenvalue weighted by atomic mass is 9.88. The minimum atomic E-state index is -0.591. The van der Waals surface area contributed by atoms with Crippen LogP contribution in [0.2, 0.25) is 0 Å². The number of nitrogens with one attached hydrogen (secondary N) is 2. The Kier molecular flexibility index (Phi) is 8.36. The van der Waals surface area contributed by atoms with Crippen molar-refractivity contribution >= 4 is 17.5 Å². The Morgan fingerprint density at radius 1 is 0.957 bits per heavy atom. The zero-order chi connectivity index (χ0) is 31.8. The second-order valence-corrected chi connectivity index (χ2v) is 13.6. The van der Waals surface area contributed by atoms with Crippen molar-refractivity contribution in [2.75, 3.05) is 5.32 Å². The summed E-state index contributed by atoms with van der Waals surface area (Å²) in [6.07, 6.45) is 9.85. The molecule has 4 aromatic rings. The second kappa shape index (κ2) is 12.7. The number of benzene rings is 2. The van der Waals surface area contributed by atoms with E-state index in [1.807, 2.05) is 44.3 Å². The van der Waals surface area contributed by atoms with Crippen LogP contribution < -0.4 is 15.4 Å². The quantitative estimate of drug-likeness (QED) is 0.178. The number of fused-ring (bicyclic) bond motifs is 1. The summed E-state index contributed by atoms with van der Waals surface area (Å²) in [4.78, 5) is 32.2. The highest BCUT2D eigenvalue weighted by Gasteiger charge is 2.48. The zero-order valence-electron chi connectivity index (χ0n) is 26.9. The fraction of sp³-hybridized carbons (Fsp3) is 0.421. The fourth-order valence-corrected chi connectivity index (χ4v) is 7.26. The van der Waals surface area contributed by atoms with Crippen molar-refractivity contribution in [2.45, 2.75) is 83.9 Å². The summed E-state index contributed by atoms with van der Waals surface area (Å²) in [5.74, 6) is 1.59. The molecule has 0 saturated heterocycles. The van der Waals surface area contributed by atoms with Gasteiger partial charge in [0.05, 0.1) is 0 Å². The molecule has 2 saturated carbocycles. The van der Waals surface area contributed by atoms with Crippen LogP contribution in [0.25, 0.3) is 0 Å². The smallest absolute Gasteiger partial charge is 0.270 e. The maximum Gasteiger partial charge on any atom is 0.270 e. The molecule has 2 N–H and O–H groups in total. The summed E-state index contributed by atoms with van der Waals surface area (Å²) < 4.78 is 7.96. The minimum Gasteiger partial charge on any atom is -0.473 e. The summed E-state index contributed by atoms with van der Waals surface area (Å²) in [7, 11) is 0. The molecule has 3 aliphatic rings. The number of carbonyl (C=O) groups is 2. The molecule has 0 bridgehead atoms. The van der Waals surface area contributed by atoms with Gasteiger partial charge >= 0.3 is 0 Å². The number of anilines is 1. The van der Waals surface area contributed by atoms with Crippen molar-refractivity contribution in [1.82, 2.24) is 20.1 Å². The van der Waals surface area contributed by atoms with Crippen LogP contribution in [-0.4, -0.2) is 32.6 Å². The summed E-state index contributed by atoms with van der Waals surface area (Å²) in [6, 6.07) is 19.8. The van der Waals surface area contributed by atoms with Crippen LogP contribution in [0.4, 0.5) is 5.69 Å². The highest BCUT2D eigenvalue weighted by molar-refractivity contribution is 6.01. The van der Waals surface area contributed by atoms with E-state index in [1.54, 1.807) is 16.9 Å². The Labute approximate surface area is 271 Å². The largest absolute Gasteiger partial charge is 0.473 e. The Bertz CT molecular complexity index is 1710. The third kappa shape index (κ3) is 6.43. The zero-order valence-corrected chi connectivity index (χ0v) is 26.9. The number of hydrogen-bond donors (Lipinski definition) is 2. The first kappa shape index (κ1) is 30.2. The lowest BCUT2D eigenvalue weighted by Crippen LogP contribution is -2.50. The van der Waals surface area contributed by atoms with Crippen molar-refractivity contribution < 1.29 is 14.3 Å². The monoisotopic (exact) mass is 617 g/mol. The molecule has 7 rings (SSSR count). The van der Waals surface area contributed by atoms with E-state index < -0.39 is 6.04 Å². The first-order chi connectivity index (χ1) is 22.4. The second-order valence-electron chi connectivity index (χ2n) is 13.6. The van der Waals surface area contributed by atoms with Gasteiger partial charge in [-0.2, -0.15) is 5.10 Å². The molecule has 1 unspecified atom stereocenters. The maximum atomic E-state index is 14.0. The Balaban J connectivity index is 1.10. The van der Waals surface area contributed by atoms with E-state index in [2.05, 4.69) is 58.0 Å². The predicted octanol–water partition coefficient (Wildman–Crippen LogP) is 7.00. The van der Waals surface area contributed by atoms with Crippen LogP contribution in [0, 0.1) is 24.7 Å². The molecular weight excluding hydrogens is 574 g/mol. The normalized spacial score (nSPS) is 18.0. The predicted molar refractivity (Wildman–Crippen MR) is 178 cm³/mol. The van der Waals surface area contributed by atoms with Crippen LogP contribution in [0.5, 0.6) is 5.88 Å². The molecule has 8 heteroatoms. The van der Waals surface area contributed by atoms with Crippen molar-refractivity contribution in [3.05, 3.63) is 107 Å². The molecule has 3 aliphatic carbocycles. The van der Waals surface area contributed by atoms with Gasteiger partial charge in [0.2, 0.25) is 11.8 Å². The van der Waals surface area contributed by atoms with Crippen molar-refractivity contribution in [3.63, 3.8) is 0 Å². The van der Waals surface area contributed by atoms with E-state index in [4.69, 9.17) is 4.74 Å². The summed E-state index contributed by atoms with van der Waals surface area (Å²) in [5, 5.41) is 10.7. The molecule has 2 aromatic carbocycles. The molecule has 2 atom stereocenters. The van der Waals surface area contributed by atoms with Crippen LogP contribution in [0.1, 0.15) is 96.2 Å². The molecule has 0 aliphatic heterocycles. The number of pyridine rings is 1. The van der Waals surface area contributed by atoms with E-state index in [0.29, 0.717) is 30.0 Å². The van der Waals surface area contributed by atoms with Crippen molar-refractivity contribution in [3.8, 4) is 5.88 Å². The molecule has 2 fully saturated rings. The van der Waals surface area contributed by atoms with Gasteiger partial charge in [-0.15, -0.1) is 0 Å². The molecule has 2 aromatic heterocycles. The van der Waals surface area contributed by atoms with Crippen LogP contribution >= 0.6 is 0 Å². The molecule has 46 heavy (non-hydrogen) atoms. The maximum absolute atomic E-state index is 14.0. The molecule has 8 nitrogen and oxygen atoms in total. The topological polar surface area (TPSA) is 98.1 Å². The van der Waals surface area contributed by atoms with Gasteiger partial charge in [-0.1, -0.05) is 36.4 Å². The van der Waals surface area contributed by atoms with E-state index >= 15 is 0 Å². The van der Waals surface area contributed by atoms with Gasteiger partial charge in [0.25, 0.3) is 5.91 Å². The summed E-state index contributed by atoms with van der Waals surface area (Å²) in [5.41, 5.74) is 7.03. The lowest BCUT2D eigenvalue weighted by Gasteiger charge is -2.28. The Morgan fingerprint density at radius 3 is 2.43 bits per heavy atom. The number of aromatic nitrogens is 3. The van der Waals surface area contributed by atoms with Crippen LogP contribution in [0.15, 0.2) is 73.1 Å². The molecule has 0 spiro atoms. The summed E-state index contributed by atoms with van der Waals surface area (Å²) in [6.45, 7) is 6.53. The number of carbonyl (C=O) groups excluding carboxylic acids is 2. The van der Waals surface area contributed by atoms with E-state index in [-0.39, 0.29) is 29.7 Å². The number of amides is 2. The third-order valence-corrected chi connectivity index (χ3v) is 9.78. The number of hydrogen-bond acceptors (Lipinski definition) is 5. The molecule has 2 heterocycles. The van der Waals surface area contributed by atoms with Gasteiger partial charge < -0.3 is 15.4 Å². The first-order valence-corrected chi connectivity index (χ1v) is 16.8. The van der Waals surface area contributed by atoms with Gasteiger partial charge in [-0.25, -0.2) is 4.98 Å². The number of nitrogens with zero attached hydrogens (tertiary/aromatic N) is 3. The third-order valence-electron chi connectivity index (χ3n) is 9.78. The number of ether oxygens (including phenoxy) is 1. The standard InChI is InChI=1S/C38H43N5O3/c1-23(2)43-33(17-18-40-43)36(44)42-35(34(26-9-10-26)27-11-12-27)37(45)41-29-14-16-30-28(20-29)13-15-31(30)32-19-24(3)21-39-38(32)46-22-25-7-5-4-6-8-25/h4-8,14,16-21,23,26-27,31,34-35H,9-13,15,22H2,1-3H3,(H,41,45)(H,42,44)/t31?,35-/m0/s1. The molecule has 238 valence electrons. The molecule has 0 radical (unpaired) electrons. The van der Waals surface area contributed by atoms with Gasteiger partial charge in [-0.3, -0.25) is 14.3 Å². The summed E-state index contributed by atoms with van der Waals surface area (Å²) >= 11 is 0. The van der Waals surface area contributed by atoms with Gasteiger partial charge in [0, 0.05) is 35.6 Å². The average molecular weight is 618 g/mol. The number of aryl methyl sites for hydroxylation is 2. The van der Waals surface area contributed by atoms with Gasteiger partial charge in [0.15, 0.2) is 0 Å². The van der Waals surface area contributed by atoms with E-state index in [0.717, 1.165) is 60.9 Å². The van der Waals surface area contributed by atoms with Crippen LogP contribution in [-0.2, 0) is 17.8 Å². The molecule has 2 amide bonds. The highest BCUT2D eigenvalue weighted by atomic mass is 16.5. The number of rotatable bonds is 12. The lowest BCUT2D eigenvalue weighted by molar-refractivity contribution is -0.119. The highest BCUT2D eigenvalue weighted by Crippen LogP contribution is 2.51. The van der Waals surface area contributed by atoms with Crippen LogP contribution in [0.3, 0.4) is 0 Å². The average Bonchev–Trinajstić information content (AvgIpc) is 3.98. The SMILES string of the molecule is Cc1cnc(OCc2ccccc2)c(C2CCc3cc(NC(=O)[C@@H](NC(=O)c4ccnn4C(C)C)C(C4CC4)C4CC4)ccc32)c1. The first-order valence-electron chi connectivity index (χ1n) is 16.8. The van der Waals surface area contributed by atoms with Crippen molar-refractivity contribution in [2.24, 2.45) is 17.8 Å². The molecular formula is C38H43N5O3. The van der Waals surface area contributed by atoms with E-state index in [1.165, 1.54) is 11.1 Å². The van der Waals surface area contributed by atoms with Crippen molar-refractivity contribution in [1.29, 1.82) is 0 Å². The van der Waals surface area contributed by atoms with E-state index in [9.17, 15) is 9.59 Å². The Morgan fingerprint density at radius 2 is 1.72 bits per heavy atom. The van der Waals surface area contributed by atoms with Gasteiger partial charge in [-0.05, 0) is 124 Å².